The Kier molecular flexibility index (Phi) is 5.89. The Balaban J connectivity index is 1.71. The molecule has 0 saturated heterocycles. The van der Waals surface area contributed by atoms with Crippen LogP contribution in [0.5, 0.6) is 0 Å². The molecular formula is C20H22FN3S. The molecule has 3 rings (SSSR count). The Morgan fingerprint density at radius 2 is 1.76 bits per heavy atom. The van der Waals surface area contributed by atoms with Gasteiger partial charge in [0, 0.05) is 17.7 Å². The van der Waals surface area contributed by atoms with Crippen LogP contribution in [0, 0.1) is 0 Å². The predicted octanol–water partition coefficient (Wildman–Crippen LogP) is 5.03. The zero-order chi connectivity index (χ0) is 17.6. The van der Waals surface area contributed by atoms with Gasteiger partial charge in [-0.25, -0.2) is 9.37 Å². The van der Waals surface area contributed by atoms with E-state index in [-0.39, 0.29) is 0 Å². The van der Waals surface area contributed by atoms with Crippen molar-refractivity contribution in [1.29, 1.82) is 0 Å². The molecule has 3 nitrogen and oxygen atoms in total. The number of fused-ring (bicyclic) bond motifs is 1. The summed E-state index contributed by atoms with van der Waals surface area (Å²) >= 11 is 1.61. The van der Waals surface area contributed by atoms with Gasteiger partial charge >= 0.3 is 0 Å². The topological polar surface area (TPSA) is 28.2 Å². The van der Waals surface area contributed by atoms with Crippen molar-refractivity contribution in [3.63, 3.8) is 0 Å². The lowest BCUT2D eigenvalue weighted by molar-refractivity contribution is 0.397. The first kappa shape index (κ1) is 17.7. The molecule has 2 aromatic carbocycles. The Morgan fingerprint density at radius 3 is 2.48 bits per heavy atom. The fraction of sp³-hybridized carbons (Fsp3) is 0.250. The highest BCUT2D eigenvalue weighted by atomic mass is 32.2. The molecule has 0 atom stereocenters. The van der Waals surface area contributed by atoms with E-state index in [1.807, 2.05) is 50.5 Å². The highest BCUT2D eigenvalue weighted by Crippen LogP contribution is 2.25. The van der Waals surface area contributed by atoms with Crippen LogP contribution in [0.2, 0.25) is 0 Å². The number of nitrogens with one attached hydrogen (secondary N) is 1. The van der Waals surface area contributed by atoms with E-state index in [4.69, 9.17) is 4.98 Å². The maximum atomic E-state index is 12.6. The third-order valence-corrected chi connectivity index (χ3v) is 4.70. The van der Waals surface area contributed by atoms with Crippen LogP contribution in [0.3, 0.4) is 0 Å². The van der Waals surface area contributed by atoms with E-state index in [1.165, 1.54) is 0 Å². The van der Waals surface area contributed by atoms with Crippen LogP contribution in [0.1, 0.15) is 16.8 Å². The zero-order valence-corrected chi connectivity index (χ0v) is 15.3. The smallest absolute Gasteiger partial charge is 0.115 e. The molecule has 0 aliphatic rings. The lowest BCUT2D eigenvalue weighted by atomic mass is 10.2. The molecule has 1 N–H and O–H groups in total. The molecular weight excluding hydrogens is 333 g/mol. The number of rotatable bonds is 7. The third kappa shape index (κ3) is 4.71. The Hall–Kier alpha value is -2.11. The molecule has 0 unspecified atom stereocenters. The molecule has 0 aliphatic carbocycles. The molecule has 130 valence electrons. The number of anilines is 1. The van der Waals surface area contributed by atoms with Gasteiger partial charge in [-0.05, 0) is 49.3 Å². The number of aromatic nitrogens is 1. The molecule has 0 radical (unpaired) electrons. The second-order valence-corrected chi connectivity index (χ2v) is 7.04. The monoisotopic (exact) mass is 355 g/mol. The van der Waals surface area contributed by atoms with E-state index in [2.05, 4.69) is 27.8 Å². The van der Waals surface area contributed by atoms with Crippen LogP contribution in [0.25, 0.3) is 10.9 Å². The van der Waals surface area contributed by atoms with E-state index in [0.717, 1.165) is 40.1 Å². The molecule has 25 heavy (non-hydrogen) atoms. The highest BCUT2D eigenvalue weighted by molar-refractivity contribution is 7.99. The molecule has 1 aromatic heterocycles. The number of hydrogen-bond donors (Lipinski definition) is 1. The average Bonchev–Trinajstić information content (AvgIpc) is 2.62. The number of alkyl halides is 1. The van der Waals surface area contributed by atoms with E-state index in [9.17, 15) is 4.39 Å². The summed E-state index contributed by atoms with van der Waals surface area (Å²) in [5.41, 5.74) is 4.94. The maximum Gasteiger partial charge on any atom is 0.115 e. The molecule has 1 heterocycles. The summed E-state index contributed by atoms with van der Waals surface area (Å²) < 4.78 is 16.0. The van der Waals surface area contributed by atoms with Crippen LogP contribution in [0.15, 0.2) is 54.6 Å². The summed E-state index contributed by atoms with van der Waals surface area (Å²) in [5, 5.41) is 1.13. The lowest BCUT2D eigenvalue weighted by Gasteiger charge is -2.12. The predicted molar refractivity (Wildman–Crippen MR) is 105 cm³/mol. The van der Waals surface area contributed by atoms with Crippen LogP contribution in [-0.2, 0) is 19.0 Å². The van der Waals surface area contributed by atoms with Gasteiger partial charge in [-0.3, -0.25) is 0 Å². The van der Waals surface area contributed by atoms with Crippen LogP contribution in [0.4, 0.5) is 10.1 Å². The second-order valence-electron chi connectivity index (χ2n) is 6.26. The Labute approximate surface area is 152 Å². The Bertz CT molecular complexity index is 834. The van der Waals surface area contributed by atoms with Crippen molar-refractivity contribution in [1.82, 2.24) is 9.88 Å². The largest absolute Gasteiger partial charge is 0.328 e. The van der Waals surface area contributed by atoms with Crippen molar-refractivity contribution < 1.29 is 4.39 Å². The summed E-state index contributed by atoms with van der Waals surface area (Å²) in [6.07, 6.45) is 0. The molecule has 0 saturated carbocycles. The van der Waals surface area contributed by atoms with Gasteiger partial charge in [-0.15, -0.1) is 0 Å². The first-order valence-electron chi connectivity index (χ1n) is 8.20. The minimum atomic E-state index is -0.414. The van der Waals surface area contributed by atoms with Gasteiger partial charge in [0.2, 0.25) is 0 Å². The first-order chi connectivity index (χ1) is 12.2. The lowest BCUT2D eigenvalue weighted by Crippen LogP contribution is -2.11. The van der Waals surface area contributed by atoms with Crippen molar-refractivity contribution in [2.24, 2.45) is 0 Å². The van der Waals surface area contributed by atoms with Crippen molar-refractivity contribution in [2.75, 3.05) is 18.8 Å². The van der Waals surface area contributed by atoms with Gasteiger partial charge in [0.25, 0.3) is 0 Å². The molecule has 0 amide bonds. The van der Waals surface area contributed by atoms with Crippen molar-refractivity contribution in [3.8, 4) is 0 Å². The fourth-order valence-electron chi connectivity index (χ4n) is 2.60. The van der Waals surface area contributed by atoms with Crippen molar-refractivity contribution in [2.45, 2.75) is 19.0 Å². The summed E-state index contributed by atoms with van der Waals surface area (Å²) in [6.45, 7) is 0.404. The van der Waals surface area contributed by atoms with Gasteiger partial charge in [0.05, 0.1) is 16.9 Å². The third-order valence-electron chi connectivity index (χ3n) is 3.85. The molecule has 0 bridgehead atoms. The van der Waals surface area contributed by atoms with Gasteiger partial charge in [-0.1, -0.05) is 42.5 Å². The standard InChI is InChI=1S/C20H22FN3S/c1-24(2)13-18-11-10-17-4-3-5-19(20(17)22-18)23-25-14-16-8-6-15(12-21)7-9-16/h3-11,23H,12-14H2,1-2H3. The summed E-state index contributed by atoms with van der Waals surface area (Å²) in [5.74, 6) is 0.806. The van der Waals surface area contributed by atoms with Crippen LogP contribution < -0.4 is 4.72 Å². The number of nitrogens with zero attached hydrogens (tertiary/aromatic N) is 2. The Morgan fingerprint density at radius 1 is 1.00 bits per heavy atom. The normalized spacial score (nSPS) is 11.2. The summed E-state index contributed by atoms with van der Waals surface area (Å²) in [6, 6.07) is 18.0. The zero-order valence-electron chi connectivity index (χ0n) is 14.5. The van der Waals surface area contributed by atoms with Gasteiger partial charge < -0.3 is 9.62 Å². The summed E-state index contributed by atoms with van der Waals surface area (Å²) in [4.78, 5) is 6.92. The number of halogens is 1. The van der Waals surface area contributed by atoms with Crippen LogP contribution >= 0.6 is 11.9 Å². The average molecular weight is 355 g/mol. The molecule has 0 fully saturated rings. The molecule has 3 aromatic rings. The van der Waals surface area contributed by atoms with Gasteiger partial charge in [0.15, 0.2) is 0 Å². The van der Waals surface area contributed by atoms with Crippen LogP contribution in [-0.4, -0.2) is 24.0 Å². The maximum absolute atomic E-state index is 12.6. The van der Waals surface area contributed by atoms with E-state index in [0.29, 0.717) is 5.56 Å². The minimum absolute atomic E-state index is 0.414. The molecule has 0 aliphatic heterocycles. The molecule has 5 heteroatoms. The quantitative estimate of drug-likeness (QED) is 0.602. The molecule has 0 spiro atoms. The van der Waals surface area contributed by atoms with E-state index >= 15 is 0 Å². The minimum Gasteiger partial charge on any atom is -0.328 e. The fourth-order valence-corrected chi connectivity index (χ4v) is 3.36. The second kappa shape index (κ2) is 8.32. The van der Waals surface area contributed by atoms with Gasteiger partial charge in [-0.2, -0.15) is 0 Å². The number of hydrogen-bond acceptors (Lipinski definition) is 4. The van der Waals surface area contributed by atoms with E-state index < -0.39 is 6.67 Å². The highest BCUT2D eigenvalue weighted by Gasteiger charge is 2.05. The SMILES string of the molecule is CN(C)Cc1ccc2cccc(NSCc3ccc(CF)cc3)c2n1. The number of benzene rings is 2. The summed E-state index contributed by atoms with van der Waals surface area (Å²) in [7, 11) is 4.08. The van der Waals surface area contributed by atoms with E-state index in [1.54, 1.807) is 11.9 Å². The van der Waals surface area contributed by atoms with Gasteiger partial charge in [0.1, 0.15) is 6.67 Å². The number of pyridine rings is 1. The van der Waals surface area contributed by atoms with Crippen molar-refractivity contribution in [3.05, 3.63) is 71.4 Å². The van der Waals surface area contributed by atoms with Crippen molar-refractivity contribution >= 4 is 28.5 Å². The first-order valence-corrected chi connectivity index (χ1v) is 9.19. The number of para-hydroxylation sites is 1.